The smallest absolute Gasteiger partial charge is 0.191 e. The normalized spacial score (nSPS) is 10.9. The van der Waals surface area contributed by atoms with Crippen LogP contribution in [-0.2, 0) is 11.3 Å². The summed E-state index contributed by atoms with van der Waals surface area (Å²) in [5, 5.41) is 9.67. The summed E-state index contributed by atoms with van der Waals surface area (Å²) >= 11 is 1.67. The zero-order chi connectivity index (χ0) is 18.2. The van der Waals surface area contributed by atoms with E-state index in [1.807, 2.05) is 0 Å². The summed E-state index contributed by atoms with van der Waals surface area (Å²) in [6, 6.07) is 8.54. The Morgan fingerprint density at radius 1 is 1.12 bits per heavy atom. The molecule has 0 amide bonds. The molecular weight excluding hydrogens is 332 g/mol. The van der Waals surface area contributed by atoms with Gasteiger partial charge in [-0.05, 0) is 58.4 Å². The first-order valence-corrected chi connectivity index (χ1v) is 10.00. The standard InChI is InChI=1S/C19H28N4OS/c1-5-22(6-2)17-12-10-16(11-13-17)18-20-21-19(23(18)7-3)25-14-8-9-15(4)24/h10-13H,5-9,14H2,1-4H3. The fourth-order valence-corrected chi connectivity index (χ4v) is 3.73. The second-order valence-corrected chi connectivity index (χ2v) is 6.99. The molecule has 0 N–H and O–H groups in total. The molecule has 0 aliphatic heterocycles. The van der Waals surface area contributed by atoms with E-state index in [1.54, 1.807) is 18.7 Å². The molecule has 0 saturated heterocycles. The van der Waals surface area contributed by atoms with Crippen molar-refractivity contribution in [3.05, 3.63) is 24.3 Å². The number of benzene rings is 1. The number of nitrogens with zero attached hydrogens (tertiary/aromatic N) is 4. The van der Waals surface area contributed by atoms with Gasteiger partial charge in [0.25, 0.3) is 0 Å². The number of carbonyl (C=O) groups excluding carboxylic acids is 1. The summed E-state index contributed by atoms with van der Waals surface area (Å²) in [5.41, 5.74) is 2.32. The topological polar surface area (TPSA) is 51.0 Å². The summed E-state index contributed by atoms with van der Waals surface area (Å²) in [4.78, 5) is 13.4. The largest absolute Gasteiger partial charge is 0.372 e. The van der Waals surface area contributed by atoms with Crippen molar-refractivity contribution >= 4 is 23.2 Å². The molecule has 2 aromatic rings. The Bertz CT molecular complexity index is 677. The lowest BCUT2D eigenvalue weighted by Crippen LogP contribution is -2.21. The molecule has 136 valence electrons. The number of Topliss-reactive ketones (excluding diaryl/α,β-unsaturated/α-hetero) is 1. The minimum absolute atomic E-state index is 0.242. The van der Waals surface area contributed by atoms with Crippen LogP contribution >= 0.6 is 11.8 Å². The lowest BCUT2D eigenvalue weighted by molar-refractivity contribution is -0.117. The average Bonchev–Trinajstić information content (AvgIpc) is 3.03. The highest BCUT2D eigenvalue weighted by atomic mass is 32.2. The van der Waals surface area contributed by atoms with Crippen LogP contribution in [0, 0.1) is 0 Å². The molecule has 6 heteroatoms. The molecule has 0 atom stereocenters. The van der Waals surface area contributed by atoms with Crippen LogP contribution in [-0.4, -0.2) is 39.4 Å². The van der Waals surface area contributed by atoms with Crippen molar-refractivity contribution in [3.8, 4) is 11.4 Å². The van der Waals surface area contributed by atoms with Gasteiger partial charge in [-0.25, -0.2) is 0 Å². The van der Waals surface area contributed by atoms with Crippen molar-refractivity contribution in [3.63, 3.8) is 0 Å². The fraction of sp³-hybridized carbons (Fsp3) is 0.526. The summed E-state index contributed by atoms with van der Waals surface area (Å²) in [6.45, 7) is 10.9. The molecule has 0 radical (unpaired) electrons. The Morgan fingerprint density at radius 2 is 1.80 bits per heavy atom. The van der Waals surface area contributed by atoms with E-state index in [1.165, 1.54) is 5.69 Å². The SMILES string of the molecule is CCN(CC)c1ccc(-c2nnc(SCCCC(C)=O)n2CC)cc1. The Morgan fingerprint density at radius 3 is 2.36 bits per heavy atom. The molecule has 0 saturated carbocycles. The van der Waals surface area contributed by atoms with Crippen molar-refractivity contribution in [1.29, 1.82) is 0 Å². The Kier molecular flexibility index (Phi) is 7.50. The van der Waals surface area contributed by atoms with Gasteiger partial charge in [0.1, 0.15) is 5.78 Å². The maximum Gasteiger partial charge on any atom is 0.191 e. The van der Waals surface area contributed by atoms with Crippen LogP contribution in [0.3, 0.4) is 0 Å². The van der Waals surface area contributed by atoms with E-state index in [0.29, 0.717) is 6.42 Å². The minimum Gasteiger partial charge on any atom is -0.372 e. The van der Waals surface area contributed by atoms with E-state index in [2.05, 4.69) is 64.7 Å². The second-order valence-electron chi connectivity index (χ2n) is 5.92. The molecule has 25 heavy (non-hydrogen) atoms. The van der Waals surface area contributed by atoms with Gasteiger partial charge in [0, 0.05) is 43.1 Å². The molecule has 0 spiro atoms. The highest BCUT2D eigenvalue weighted by Gasteiger charge is 2.13. The third-order valence-corrected chi connectivity index (χ3v) is 5.24. The number of rotatable bonds is 10. The van der Waals surface area contributed by atoms with Gasteiger partial charge < -0.3 is 14.3 Å². The first-order valence-electron chi connectivity index (χ1n) is 9.01. The van der Waals surface area contributed by atoms with E-state index in [-0.39, 0.29) is 5.78 Å². The number of anilines is 1. The van der Waals surface area contributed by atoms with Gasteiger partial charge in [-0.3, -0.25) is 0 Å². The molecule has 1 heterocycles. The maximum atomic E-state index is 11.0. The number of thioether (sulfide) groups is 1. The van der Waals surface area contributed by atoms with Crippen LogP contribution < -0.4 is 4.90 Å². The van der Waals surface area contributed by atoms with E-state index in [4.69, 9.17) is 0 Å². The first-order chi connectivity index (χ1) is 12.1. The lowest BCUT2D eigenvalue weighted by atomic mass is 10.2. The zero-order valence-corrected chi connectivity index (χ0v) is 16.5. The predicted octanol–water partition coefficient (Wildman–Crippen LogP) is 4.27. The molecule has 0 aliphatic carbocycles. The van der Waals surface area contributed by atoms with Crippen LogP contribution in [0.1, 0.15) is 40.5 Å². The Balaban J connectivity index is 2.12. The van der Waals surface area contributed by atoms with Crippen LogP contribution in [0.25, 0.3) is 11.4 Å². The quantitative estimate of drug-likeness (QED) is 0.468. The zero-order valence-electron chi connectivity index (χ0n) is 15.7. The molecule has 1 aromatic carbocycles. The predicted molar refractivity (Wildman–Crippen MR) is 105 cm³/mol. The molecule has 0 bridgehead atoms. The van der Waals surface area contributed by atoms with Crippen LogP contribution in [0.4, 0.5) is 5.69 Å². The third kappa shape index (κ3) is 5.08. The van der Waals surface area contributed by atoms with Crippen LogP contribution in [0.15, 0.2) is 29.4 Å². The summed E-state index contributed by atoms with van der Waals surface area (Å²) in [5.74, 6) is 2.03. The van der Waals surface area contributed by atoms with E-state index in [9.17, 15) is 4.79 Å². The van der Waals surface area contributed by atoms with Crippen molar-refractivity contribution in [1.82, 2.24) is 14.8 Å². The Labute approximate surface area is 154 Å². The molecule has 0 unspecified atom stereocenters. The molecular formula is C19H28N4OS. The van der Waals surface area contributed by atoms with Gasteiger partial charge in [0.15, 0.2) is 11.0 Å². The van der Waals surface area contributed by atoms with Crippen molar-refractivity contribution in [2.45, 2.75) is 52.2 Å². The molecule has 1 aromatic heterocycles. The van der Waals surface area contributed by atoms with Gasteiger partial charge in [0.2, 0.25) is 0 Å². The van der Waals surface area contributed by atoms with Gasteiger partial charge in [0.05, 0.1) is 0 Å². The fourth-order valence-electron chi connectivity index (χ4n) is 2.79. The molecule has 0 fully saturated rings. The number of ketones is 1. The molecule has 0 aliphatic rings. The number of hydrogen-bond acceptors (Lipinski definition) is 5. The van der Waals surface area contributed by atoms with Gasteiger partial charge in [-0.15, -0.1) is 10.2 Å². The summed E-state index contributed by atoms with van der Waals surface area (Å²) in [6.07, 6.45) is 1.51. The average molecular weight is 361 g/mol. The monoisotopic (exact) mass is 360 g/mol. The van der Waals surface area contributed by atoms with Gasteiger partial charge in [-0.1, -0.05) is 11.8 Å². The van der Waals surface area contributed by atoms with Gasteiger partial charge >= 0.3 is 0 Å². The van der Waals surface area contributed by atoms with E-state index >= 15 is 0 Å². The second kappa shape index (κ2) is 9.61. The van der Waals surface area contributed by atoms with Crippen molar-refractivity contribution < 1.29 is 4.79 Å². The van der Waals surface area contributed by atoms with Crippen LogP contribution in [0.2, 0.25) is 0 Å². The minimum atomic E-state index is 0.242. The molecule has 2 rings (SSSR count). The molecule has 5 nitrogen and oxygen atoms in total. The van der Waals surface area contributed by atoms with Crippen molar-refractivity contribution in [2.24, 2.45) is 0 Å². The summed E-state index contributed by atoms with van der Waals surface area (Å²) < 4.78 is 2.14. The van der Waals surface area contributed by atoms with Crippen LogP contribution in [0.5, 0.6) is 0 Å². The van der Waals surface area contributed by atoms with E-state index in [0.717, 1.165) is 48.4 Å². The first kappa shape index (κ1) is 19.5. The number of aromatic nitrogens is 3. The van der Waals surface area contributed by atoms with Gasteiger partial charge in [-0.2, -0.15) is 0 Å². The highest BCUT2D eigenvalue weighted by molar-refractivity contribution is 7.99. The third-order valence-electron chi connectivity index (χ3n) is 4.19. The Hall–Kier alpha value is -1.82. The number of hydrogen-bond donors (Lipinski definition) is 0. The number of carbonyl (C=O) groups is 1. The maximum absolute atomic E-state index is 11.0. The lowest BCUT2D eigenvalue weighted by Gasteiger charge is -2.21. The highest BCUT2D eigenvalue weighted by Crippen LogP contribution is 2.26. The van der Waals surface area contributed by atoms with E-state index < -0.39 is 0 Å². The van der Waals surface area contributed by atoms with Crippen molar-refractivity contribution in [2.75, 3.05) is 23.7 Å². The summed E-state index contributed by atoms with van der Waals surface area (Å²) in [7, 11) is 0.